The number of benzene rings is 2. The largest absolute Gasteiger partial charge is 0.449 e. The summed E-state index contributed by atoms with van der Waals surface area (Å²) in [7, 11) is 0. The lowest BCUT2D eigenvalue weighted by molar-refractivity contribution is 0.140. The minimum Gasteiger partial charge on any atom is -0.449 e. The van der Waals surface area contributed by atoms with Crippen molar-refractivity contribution in [3.05, 3.63) is 59.7 Å². The van der Waals surface area contributed by atoms with Crippen LogP contribution < -0.4 is 5.32 Å². The number of aliphatic hydroxyl groups is 1. The number of amides is 1. The molecule has 0 bridgehead atoms. The van der Waals surface area contributed by atoms with Gasteiger partial charge in [-0.2, -0.15) is 0 Å². The number of hydrogen-bond donors (Lipinski definition) is 2. The van der Waals surface area contributed by atoms with Crippen LogP contribution in [-0.2, 0) is 4.74 Å². The summed E-state index contributed by atoms with van der Waals surface area (Å²) in [5, 5.41) is 11.2. The van der Waals surface area contributed by atoms with E-state index in [-0.39, 0.29) is 19.1 Å². The maximum Gasteiger partial charge on any atom is 0.407 e. The summed E-state index contributed by atoms with van der Waals surface area (Å²) in [5.41, 5.74) is 4.79. The number of ether oxygens (including phenoxy) is 1. The molecule has 3 rings (SSSR count). The number of carbonyl (C=O) groups is 1. The van der Waals surface area contributed by atoms with E-state index in [1.165, 1.54) is 22.3 Å². The summed E-state index contributed by atoms with van der Waals surface area (Å²) in [4.78, 5) is 11.5. The molecule has 0 radical (unpaired) electrons. The highest BCUT2D eigenvalue weighted by atomic mass is 16.5. The van der Waals surface area contributed by atoms with E-state index < -0.39 is 6.09 Å². The number of fused-ring (bicyclic) bond motifs is 3. The fraction of sp³-hybridized carbons (Fsp3) is 0.235. The Balaban J connectivity index is 1.81. The van der Waals surface area contributed by atoms with Crippen LogP contribution in [0.15, 0.2) is 48.5 Å². The highest BCUT2D eigenvalue weighted by Crippen LogP contribution is 2.44. The Morgan fingerprint density at radius 3 is 2.19 bits per heavy atom. The smallest absolute Gasteiger partial charge is 0.407 e. The first-order chi connectivity index (χ1) is 10.3. The molecule has 0 aliphatic heterocycles. The van der Waals surface area contributed by atoms with Gasteiger partial charge >= 0.3 is 6.09 Å². The fourth-order valence-corrected chi connectivity index (χ4v) is 2.81. The maximum atomic E-state index is 11.5. The zero-order valence-electron chi connectivity index (χ0n) is 11.6. The van der Waals surface area contributed by atoms with Crippen molar-refractivity contribution in [3.8, 4) is 11.1 Å². The van der Waals surface area contributed by atoms with Crippen LogP contribution in [0.1, 0.15) is 17.0 Å². The lowest BCUT2D eigenvalue weighted by atomic mass is 9.98. The topological polar surface area (TPSA) is 58.6 Å². The van der Waals surface area contributed by atoms with E-state index in [0.29, 0.717) is 6.61 Å². The molecule has 108 valence electrons. The van der Waals surface area contributed by atoms with Gasteiger partial charge in [-0.3, -0.25) is 0 Å². The van der Waals surface area contributed by atoms with Crippen LogP contribution in [0.5, 0.6) is 0 Å². The molecule has 0 spiro atoms. The maximum absolute atomic E-state index is 11.5. The van der Waals surface area contributed by atoms with Crippen molar-refractivity contribution in [1.82, 2.24) is 5.32 Å². The zero-order chi connectivity index (χ0) is 14.7. The van der Waals surface area contributed by atoms with Crippen molar-refractivity contribution < 1.29 is 14.6 Å². The van der Waals surface area contributed by atoms with Crippen molar-refractivity contribution in [3.63, 3.8) is 0 Å². The molecule has 2 aromatic rings. The second-order valence-electron chi connectivity index (χ2n) is 4.98. The van der Waals surface area contributed by atoms with Crippen molar-refractivity contribution in [2.45, 2.75) is 5.92 Å². The van der Waals surface area contributed by atoms with Gasteiger partial charge in [0.25, 0.3) is 0 Å². The molecular formula is C17H17NO3. The number of aliphatic hydroxyl groups excluding tert-OH is 1. The van der Waals surface area contributed by atoms with Crippen molar-refractivity contribution in [2.24, 2.45) is 0 Å². The number of alkyl carbamates (subject to hydrolysis) is 1. The van der Waals surface area contributed by atoms with Gasteiger partial charge in [-0.1, -0.05) is 48.5 Å². The van der Waals surface area contributed by atoms with Crippen LogP contribution in [0.2, 0.25) is 0 Å². The molecule has 0 fully saturated rings. The van der Waals surface area contributed by atoms with Gasteiger partial charge in [0.2, 0.25) is 0 Å². The van der Waals surface area contributed by atoms with Crippen molar-refractivity contribution in [2.75, 3.05) is 19.8 Å². The second-order valence-corrected chi connectivity index (χ2v) is 4.98. The third-order valence-corrected chi connectivity index (χ3v) is 3.72. The highest BCUT2D eigenvalue weighted by Gasteiger charge is 2.28. The van der Waals surface area contributed by atoms with Gasteiger partial charge in [-0.05, 0) is 22.3 Å². The lowest BCUT2D eigenvalue weighted by Crippen LogP contribution is -2.28. The first kappa shape index (κ1) is 13.6. The first-order valence-electron chi connectivity index (χ1n) is 7.01. The summed E-state index contributed by atoms with van der Waals surface area (Å²) in [6, 6.07) is 16.4. The Hall–Kier alpha value is -2.33. The van der Waals surface area contributed by atoms with E-state index in [4.69, 9.17) is 9.84 Å². The minimum absolute atomic E-state index is 0.0669. The number of hydrogen-bond acceptors (Lipinski definition) is 3. The van der Waals surface area contributed by atoms with Crippen LogP contribution in [0.4, 0.5) is 4.79 Å². The van der Waals surface area contributed by atoms with Crippen molar-refractivity contribution >= 4 is 6.09 Å². The fourth-order valence-electron chi connectivity index (χ4n) is 2.81. The third kappa shape index (κ3) is 2.62. The van der Waals surface area contributed by atoms with Gasteiger partial charge < -0.3 is 15.2 Å². The molecule has 1 aliphatic carbocycles. The molecule has 1 aliphatic rings. The van der Waals surface area contributed by atoms with E-state index in [1.807, 2.05) is 24.3 Å². The number of carbonyl (C=O) groups excluding carboxylic acids is 1. The molecule has 0 unspecified atom stereocenters. The van der Waals surface area contributed by atoms with E-state index in [9.17, 15) is 4.79 Å². The molecular weight excluding hydrogens is 266 g/mol. The SMILES string of the molecule is O=C(NCCO)OCC1c2ccccc2-c2ccccc21. The van der Waals surface area contributed by atoms with Crippen LogP contribution in [0.3, 0.4) is 0 Å². The first-order valence-corrected chi connectivity index (χ1v) is 7.01. The molecule has 0 saturated carbocycles. The van der Waals surface area contributed by atoms with Gasteiger partial charge in [-0.15, -0.1) is 0 Å². The van der Waals surface area contributed by atoms with Crippen LogP contribution >= 0.6 is 0 Å². The summed E-state index contributed by atoms with van der Waals surface area (Å²) >= 11 is 0. The quantitative estimate of drug-likeness (QED) is 0.906. The predicted octanol–water partition coefficient (Wildman–Crippen LogP) is 2.52. The monoisotopic (exact) mass is 283 g/mol. The lowest BCUT2D eigenvalue weighted by Gasteiger charge is -2.14. The molecule has 0 aromatic heterocycles. The molecule has 2 aromatic carbocycles. The van der Waals surface area contributed by atoms with E-state index in [1.54, 1.807) is 0 Å². The average Bonchev–Trinajstić information content (AvgIpc) is 2.85. The van der Waals surface area contributed by atoms with Crippen LogP contribution in [0, 0.1) is 0 Å². The molecule has 2 N–H and O–H groups in total. The second kappa shape index (κ2) is 5.97. The van der Waals surface area contributed by atoms with Gasteiger partial charge in [-0.25, -0.2) is 4.79 Å². The van der Waals surface area contributed by atoms with E-state index >= 15 is 0 Å². The molecule has 21 heavy (non-hydrogen) atoms. The Morgan fingerprint density at radius 1 is 1.05 bits per heavy atom. The number of rotatable bonds is 4. The van der Waals surface area contributed by atoms with Crippen LogP contribution in [-0.4, -0.2) is 31.0 Å². The normalized spacial score (nSPS) is 12.6. The Bertz CT molecular complexity index is 608. The molecule has 0 atom stereocenters. The summed E-state index contributed by atoms with van der Waals surface area (Å²) in [6.45, 7) is 0.409. The van der Waals surface area contributed by atoms with Gasteiger partial charge in [0.05, 0.1) is 6.61 Å². The van der Waals surface area contributed by atoms with Crippen LogP contribution in [0.25, 0.3) is 11.1 Å². The summed E-state index contributed by atoms with van der Waals surface area (Å²) < 4.78 is 5.28. The Labute approximate surface area is 123 Å². The Kier molecular flexibility index (Phi) is 3.88. The zero-order valence-corrected chi connectivity index (χ0v) is 11.6. The van der Waals surface area contributed by atoms with E-state index in [0.717, 1.165) is 0 Å². The van der Waals surface area contributed by atoms with Crippen molar-refractivity contribution in [1.29, 1.82) is 0 Å². The summed E-state index contributed by atoms with van der Waals surface area (Å²) in [6.07, 6.45) is -0.495. The molecule has 4 nitrogen and oxygen atoms in total. The molecule has 0 heterocycles. The van der Waals surface area contributed by atoms with Gasteiger partial charge in [0, 0.05) is 12.5 Å². The summed E-state index contributed by atoms with van der Waals surface area (Å²) in [5.74, 6) is 0.0669. The minimum atomic E-state index is -0.495. The van der Waals surface area contributed by atoms with Gasteiger partial charge in [0.15, 0.2) is 0 Å². The van der Waals surface area contributed by atoms with E-state index in [2.05, 4.69) is 29.6 Å². The molecule has 4 heteroatoms. The molecule has 0 saturated heterocycles. The third-order valence-electron chi connectivity index (χ3n) is 3.72. The average molecular weight is 283 g/mol. The highest BCUT2D eigenvalue weighted by molar-refractivity contribution is 5.79. The number of nitrogens with one attached hydrogen (secondary N) is 1. The predicted molar refractivity (Wildman–Crippen MR) is 80.2 cm³/mol. The molecule has 1 amide bonds. The van der Waals surface area contributed by atoms with Gasteiger partial charge in [0.1, 0.15) is 6.61 Å². The Morgan fingerprint density at radius 2 is 1.62 bits per heavy atom. The standard InChI is InChI=1S/C17H17NO3/c19-10-9-18-17(20)21-11-16-14-7-3-1-5-12(14)13-6-2-4-8-15(13)16/h1-8,16,19H,9-11H2,(H,18,20).